The first-order chi connectivity index (χ1) is 10.7. The van der Waals surface area contributed by atoms with Crippen molar-refractivity contribution in [2.75, 3.05) is 6.54 Å². The van der Waals surface area contributed by atoms with E-state index in [4.69, 9.17) is 4.98 Å². The molecular weight excluding hydrogens is 296 g/mol. The molecule has 0 unspecified atom stereocenters. The van der Waals surface area contributed by atoms with Gasteiger partial charge in [-0.1, -0.05) is 0 Å². The molecule has 0 spiro atoms. The summed E-state index contributed by atoms with van der Waals surface area (Å²) >= 11 is 1.69. The van der Waals surface area contributed by atoms with Crippen LogP contribution in [-0.2, 0) is 13.1 Å². The lowest BCUT2D eigenvalue weighted by molar-refractivity contribution is 0.216. The zero-order valence-corrected chi connectivity index (χ0v) is 13.8. The summed E-state index contributed by atoms with van der Waals surface area (Å²) in [5.41, 5.74) is 1.16. The molecule has 0 aromatic carbocycles. The van der Waals surface area contributed by atoms with Crippen molar-refractivity contribution in [2.24, 2.45) is 0 Å². The Kier molecular flexibility index (Phi) is 3.46. The van der Waals surface area contributed by atoms with E-state index in [0.29, 0.717) is 6.04 Å². The predicted molar refractivity (Wildman–Crippen MR) is 86.0 cm³/mol. The Morgan fingerprint density at radius 1 is 1.32 bits per heavy atom. The third-order valence-corrected chi connectivity index (χ3v) is 5.12. The third-order valence-electron chi connectivity index (χ3n) is 4.35. The van der Waals surface area contributed by atoms with Crippen molar-refractivity contribution >= 4 is 16.3 Å². The lowest BCUT2D eigenvalue weighted by Gasteiger charge is -2.23. The minimum absolute atomic E-state index is 0.527. The number of fused-ring (bicyclic) bond motifs is 1. The maximum absolute atomic E-state index is 4.70. The number of thiazole rings is 1. The van der Waals surface area contributed by atoms with Crippen LogP contribution < -0.4 is 0 Å². The highest BCUT2D eigenvalue weighted by Gasteiger charge is 2.26. The summed E-state index contributed by atoms with van der Waals surface area (Å²) in [5, 5.41) is 6.57. The molecule has 22 heavy (non-hydrogen) atoms. The van der Waals surface area contributed by atoms with Gasteiger partial charge in [-0.25, -0.2) is 14.6 Å². The molecule has 1 saturated heterocycles. The third kappa shape index (κ3) is 2.55. The van der Waals surface area contributed by atoms with E-state index in [1.807, 2.05) is 18.5 Å². The van der Waals surface area contributed by atoms with Crippen LogP contribution >= 0.6 is 11.3 Å². The minimum Gasteiger partial charge on any atom is -0.297 e. The highest BCUT2D eigenvalue weighted by Crippen LogP contribution is 2.22. The molecule has 1 fully saturated rings. The molecule has 0 radical (unpaired) electrons. The van der Waals surface area contributed by atoms with E-state index in [2.05, 4.69) is 37.2 Å². The average molecular weight is 316 g/mol. The molecule has 0 aliphatic carbocycles. The van der Waals surface area contributed by atoms with Gasteiger partial charge in [-0.15, -0.1) is 11.3 Å². The summed E-state index contributed by atoms with van der Waals surface area (Å²) in [4.78, 5) is 12.7. The van der Waals surface area contributed by atoms with Gasteiger partial charge in [0.05, 0.1) is 12.2 Å². The van der Waals surface area contributed by atoms with E-state index in [9.17, 15) is 0 Å². The van der Waals surface area contributed by atoms with Gasteiger partial charge in [0, 0.05) is 30.4 Å². The van der Waals surface area contributed by atoms with Crippen molar-refractivity contribution in [1.29, 1.82) is 0 Å². The van der Waals surface area contributed by atoms with Crippen LogP contribution in [0.4, 0.5) is 0 Å². The molecule has 0 saturated carbocycles. The Morgan fingerprint density at radius 2 is 2.23 bits per heavy atom. The van der Waals surface area contributed by atoms with Crippen LogP contribution in [0.2, 0.25) is 0 Å². The maximum Gasteiger partial charge on any atom is 0.193 e. The van der Waals surface area contributed by atoms with E-state index in [0.717, 1.165) is 41.9 Å². The van der Waals surface area contributed by atoms with Gasteiger partial charge < -0.3 is 0 Å². The average Bonchev–Trinajstić information content (AvgIpc) is 3.18. The Morgan fingerprint density at radius 3 is 3.00 bits per heavy atom. The highest BCUT2D eigenvalue weighted by atomic mass is 32.1. The van der Waals surface area contributed by atoms with Gasteiger partial charge in [-0.05, 0) is 33.2 Å². The molecule has 3 aromatic heterocycles. The second kappa shape index (κ2) is 5.48. The fraction of sp³-hybridized carbons (Fsp3) is 0.533. The summed E-state index contributed by atoms with van der Waals surface area (Å²) in [5.74, 6) is 1.86. The lowest BCUT2D eigenvalue weighted by Crippen LogP contribution is -2.33. The molecule has 116 valence electrons. The van der Waals surface area contributed by atoms with Crippen LogP contribution in [0, 0.1) is 13.8 Å². The van der Waals surface area contributed by atoms with Gasteiger partial charge in [0.2, 0.25) is 0 Å². The van der Waals surface area contributed by atoms with Crippen LogP contribution in [0.15, 0.2) is 17.8 Å². The number of hydrogen-bond donors (Lipinski definition) is 0. The summed E-state index contributed by atoms with van der Waals surface area (Å²) in [6.45, 7) is 6.97. The van der Waals surface area contributed by atoms with Crippen molar-refractivity contribution in [1.82, 2.24) is 29.0 Å². The molecule has 1 aliphatic heterocycles. The fourth-order valence-corrected chi connectivity index (χ4v) is 4.02. The summed E-state index contributed by atoms with van der Waals surface area (Å²) in [6, 6.07) is 0.527. The number of hydrogen-bond acceptors (Lipinski definition) is 5. The molecule has 3 aromatic rings. The quantitative estimate of drug-likeness (QED) is 0.741. The van der Waals surface area contributed by atoms with E-state index in [1.54, 1.807) is 11.3 Å². The number of aryl methyl sites for hydroxylation is 2. The lowest BCUT2D eigenvalue weighted by atomic mass is 10.2. The summed E-state index contributed by atoms with van der Waals surface area (Å²) < 4.78 is 4.15. The predicted octanol–water partition coefficient (Wildman–Crippen LogP) is 2.27. The highest BCUT2D eigenvalue weighted by molar-refractivity contribution is 7.15. The topological polar surface area (TPSA) is 51.2 Å². The Balaban J connectivity index is 1.48. The Labute approximate surface area is 133 Å². The maximum atomic E-state index is 4.70. The van der Waals surface area contributed by atoms with Gasteiger partial charge in [0.1, 0.15) is 11.6 Å². The van der Waals surface area contributed by atoms with E-state index < -0.39 is 0 Å². The SMILES string of the molecule is Cc1nc(C)n(C[C@H]2CCCN2Cc2cn3ccsc3n2)n1. The molecule has 0 bridgehead atoms. The fourth-order valence-electron chi connectivity index (χ4n) is 3.30. The molecule has 4 heterocycles. The van der Waals surface area contributed by atoms with Crippen molar-refractivity contribution in [3.63, 3.8) is 0 Å². The van der Waals surface area contributed by atoms with Crippen LogP contribution in [0.3, 0.4) is 0 Å². The Bertz CT molecular complexity index is 757. The minimum atomic E-state index is 0.527. The zero-order valence-electron chi connectivity index (χ0n) is 12.9. The molecule has 1 atom stereocenters. The molecule has 0 amide bonds. The molecule has 1 aliphatic rings. The summed E-state index contributed by atoms with van der Waals surface area (Å²) in [6.07, 6.45) is 6.69. The normalized spacial score (nSPS) is 19.5. The van der Waals surface area contributed by atoms with E-state index >= 15 is 0 Å². The van der Waals surface area contributed by atoms with Crippen molar-refractivity contribution in [3.05, 3.63) is 35.1 Å². The van der Waals surface area contributed by atoms with Gasteiger partial charge >= 0.3 is 0 Å². The molecule has 6 nitrogen and oxygen atoms in total. The van der Waals surface area contributed by atoms with E-state index in [1.165, 1.54) is 12.8 Å². The van der Waals surface area contributed by atoms with Gasteiger partial charge in [-0.3, -0.25) is 9.30 Å². The van der Waals surface area contributed by atoms with Crippen LogP contribution in [0.5, 0.6) is 0 Å². The van der Waals surface area contributed by atoms with Gasteiger partial charge in [0.15, 0.2) is 4.96 Å². The standard InChI is InChI=1S/C15H20N6S/c1-11-16-12(2)21(18-11)10-14-4-3-5-19(14)8-13-9-20-6-7-22-15(20)17-13/h6-7,9,14H,3-5,8,10H2,1-2H3/t14-/m1/s1. The number of rotatable bonds is 4. The van der Waals surface area contributed by atoms with Crippen molar-refractivity contribution in [2.45, 2.75) is 45.8 Å². The zero-order chi connectivity index (χ0) is 15.1. The molecule has 4 rings (SSSR count). The van der Waals surface area contributed by atoms with Gasteiger partial charge in [-0.2, -0.15) is 5.10 Å². The second-order valence-electron chi connectivity index (χ2n) is 5.98. The van der Waals surface area contributed by atoms with Gasteiger partial charge in [0.25, 0.3) is 0 Å². The largest absolute Gasteiger partial charge is 0.297 e. The first-order valence-electron chi connectivity index (χ1n) is 7.72. The number of imidazole rings is 1. The monoisotopic (exact) mass is 316 g/mol. The van der Waals surface area contributed by atoms with Crippen LogP contribution in [0.25, 0.3) is 4.96 Å². The molecular formula is C15H20N6S. The van der Waals surface area contributed by atoms with Crippen LogP contribution in [-0.4, -0.2) is 41.6 Å². The number of aromatic nitrogens is 5. The number of likely N-dealkylation sites (tertiary alicyclic amines) is 1. The van der Waals surface area contributed by atoms with E-state index in [-0.39, 0.29) is 0 Å². The molecule has 0 N–H and O–H groups in total. The molecule has 7 heteroatoms. The first kappa shape index (κ1) is 13.9. The summed E-state index contributed by atoms with van der Waals surface area (Å²) in [7, 11) is 0. The number of nitrogens with zero attached hydrogens (tertiary/aromatic N) is 6. The second-order valence-corrected chi connectivity index (χ2v) is 6.85. The van der Waals surface area contributed by atoms with Crippen LogP contribution in [0.1, 0.15) is 30.2 Å². The van der Waals surface area contributed by atoms with Crippen molar-refractivity contribution in [3.8, 4) is 0 Å². The van der Waals surface area contributed by atoms with Crippen molar-refractivity contribution < 1.29 is 0 Å². The Hall–Kier alpha value is -1.73. The smallest absolute Gasteiger partial charge is 0.193 e. The first-order valence-corrected chi connectivity index (χ1v) is 8.60.